The van der Waals surface area contributed by atoms with E-state index in [1.807, 2.05) is 6.07 Å². The number of anilines is 2. The number of methoxy groups -OCH3 is 1. The number of nitrogens with one attached hydrogen (secondary N) is 1. The predicted molar refractivity (Wildman–Crippen MR) is 117 cm³/mol. The van der Waals surface area contributed by atoms with Gasteiger partial charge in [0.1, 0.15) is 0 Å². The first kappa shape index (κ1) is 21.9. The Hall–Kier alpha value is -3.33. The molecule has 1 N–H and O–H groups in total. The van der Waals surface area contributed by atoms with Crippen LogP contribution in [0.3, 0.4) is 0 Å². The van der Waals surface area contributed by atoms with Gasteiger partial charge in [-0.3, -0.25) is 9.59 Å². The molecule has 2 fully saturated rings. The highest BCUT2D eigenvalue weighted by atomic mass is 16.5. The Morgan fingerprint density at radius 1 is 1.06 bits per heavy atom. The van der Waals surface area contributed by atoms with E-state index in [4.69, 9.17) is 13.9 Å². The quantitative estimate of drug-likeness (QED) is 0.711. The molecule has 2 aliphatic heterocycles. The summed E-state index contributed by atoms with van der Waals surface area (Å²) < 4.78 is 15.5. The van der Waals surface area contributed by atoms with Crippen LogP contribution in [-0.2, 0) is 14.3 Å². The second-order valence-corrected chi connectivity index (χ2v) is 7.85. The van der Waals surface area contributed by atoms with Crippen molar-refractivity contribution in [3.63, 3.8) is 0 Å². The molecule has 0 bridgehead atoms. The van der Waals surface area contributed by atoms with E-state index in [9.17, 15) is 14.4 Å². The zero-order valence-corrected chi connectivity index (χ0v) is 18.0. The van der Waals surface area contributed by atoms with E-state index in [1.165, 1.54) is 13.4 Å². The molecule has 9 heteroatoms. The number of esters is 1. The topological polar surface area (TPSA) is 101 Å². The molecule has 0 unspecified atom stereocenters. The molecule has 32 heavy (non-hydrogen) atoms. The van der Waals surface area contributed by atoms with Crippen molar-refractivity contribution >= 4 is 29.2 Å². The lowest BCUT2D eigenvalue weighted by Crippen LogP contribution is -2.41. The minimum absolute atomic E-state index is 0.166. The van der Waals surface area contributed by atoms with Gasteiger partial charge in [0.05, 0.1) is 37.8 Å². The Kier molecular flexibility index (Phi) is 6.75. The summed E-state index contributed by atoms with van der Waals surface area (Å²) in [4.78, 5) is 41.5. The molecule has 2 amide bonds. The largest absolute Gasteiger partial charge is 0.465 e. The number of rotatable bonds is 5. The third-order valence-corrected chi connectivity index (χ3v) is 5.93. The lowest BCUT2D eigenvalue weighted by Gasteiger charge is -2.31. The highest BCUT2D eigenvalue weighted by molar-refractivity contribution is 6.02. The summed E-state index contributed by atoms with van der Waals surface area (Å²) in [5.74, 6) is -0.787. The van der Waals surface area contributed by atoms with Gasteiger partial charge < -0.3 is 29.0 Å². The second kappa shape index (κ2) is 9.86. The number of piperidine rings is 1. The van der Waals surface area contributed by atoms with Crippen LogP contribution in [0.4, 0.5) is 11.4 Å². The van der Waals surface area contributed by atoms with Crippen LogP contribution in [0.5, 0.6) is 0 Å². The highest BCUT2D eigenvalue weighted by Gasteiger charge is 2.29. The van der Waals surface area contributed by atoms with Crippen molar-refractivity contribution in [2.24, 2.45) is 5.92 Å². The molecule has 0 radical (unpaired) electrons. The van der Waals surface area contributed by atoms with Gasteiger partial charge in [-0.15, -0.1) is 0 Å². The van der Waals surface area contributed by atoms with Gasteiger partial charge in [-0.25, -0.2) is 4.79 Å². The van der Waals surface area contributed by atoms with E-state index in [0.717, 1.165) is 18.8 Å². The second-order valence-electron chi connectivity index (χ2n) is 7.85. The molecule has 0 atom stereocenters. The normalized spacial score (nSPS) is 17.2. The Bertz CT molecular complexity index is 960. The van der Waals surface area contributed by atoms with Crippen LogP contribution in [-0.4, -0.2) is 69.2 Å². The monoisotopic (exact) mass is 441 g/mol. The van der Waals surface area contributed by atoms with Crippen molar-refractivity contribution < 1.29 is 28.3 Å². The molecule has 2 saturated heterocycles. The first-order valence-corrected chi connectivity index (χ1v) is 10.8. The van der Waals surface area contributed by atoms with Crippen molar-refractivity contribution in [3.05, 3.63) is 47.9 Å². The van der Waals surface area contributed by atoms with E-state index >= 15 is 0 Å². The standard InChI is InChI=1S/C23H27N3O6/c1-30-23(29)18-15-17(25-10-13-31-14-11-25)4-5-19(18)24-21(27)16-6-8-26(9-7-16)22(28)20-3-2-12-32-20/h2-5,12,15-16H,6-11,13-14H2,1H3,(H,24,27). The number of ether oxygens (including phenoxy) is 2. The summed E-state index contributed by atoms with van der Waals surface area (Å²) in [5.41, 5.74) is 1.62. The van der Waals surface area contributed by atoms with Gasteiger partial charge in [-0.1, -0.05) is 0 Å². The number of hydrogen-bond acceptors (Lipinski definition) is 7. The lowest BCUT2D eigenvalue weighted by atomic mass is 9.95. The number of furan rings is 1. The summed E-state index contributed by atoms with van der Waals surface area (Å²) in [7, 11) is 1.32. The van der Waals surface area contributed by atoms with Crippen LogP contribution in [0.1, 0.15) is 33.8 Å². The molecular weight excluding hydrogens is 414 g/mol. The number of morpholine rings is 1. The molecule has 2 aromatic rings. The number of hydrogen-bond donors (Lipinski definition) is 1. The summed E-state index contributed by atoms with van der Waals surface area (Å²) in [6.45, 7) is 3.68. The summed E-state index contributed by atoms with van der Waals surface area (Å²) in [6.07, 6.45) is 2.55. The van der Waals surface area contributed by atoms with E-state index in [2.05, 4.69) is 10.2 Å². The molecular formula is C23H27N3O6. The van der Waals surface area contributed by atoms with Gasteiger partial charge in [0.25, 0.3) is 5.91 Å². The fraction of sp³-hybridized carbons (Fsp3) is 0.435. The van der Waals surface area contributed by atoms with Crippen molar-refractivity contribution in [1.82, 2.24) is 4.90 Å². The Morgan fingerprint density at radius 3 is 2.47 bits per heavy atom. The molecule has 3 heterocycles. The van der Waals surface area contributed by atoms with Crippen LogP contribution in [0, 0.1) is 5.92 Å². The number of likely N-dealkylation sites (tertiary alicyclic amines) is 1. The van der Waals surface area contributed by atoms with Crippen LogP contribution in [0.25, 0.3) is 0 Å². The molecule has 1 aromatic heterocycles. The van der Waals surface area contributed by atoms with Crippen molar-refractivity contribution in [2.45, 2.75) is 12.8 Å². The summed E-state index contributed by atoms with van der Waals surface area (Å²) in [6, 6.07) is 8.69. The minimum atomic E-state index is -0.505. The lowest BCUT2D eigenvalue weighted by molar-refractivity contribution is -0.121. The van der Waals surface area contributed by atoms with E-state index in [0.29, 0.717) is 56.2 Å². The minimum Gasteiger partial charge on any atom is -0.465 e. The predicted octanol–water partition coefficient (Wildman–Crippen LogP) is 2.39. The van der Waals surface area contributed by atoms with Gasteiger partial charge >= 0.3 is 5.97 Å². The maximum Gasteiger partial charge on any atom is 0.340 e. The van der Waals surface area contributed by atoms with Crippen LogP contribution < -0.4 is 10.2 Å². The molecule has 1 aromatic carbocycles. The average Bonchev–Trinajstić information content (AvgIpc) is 3.39. The number of benzene rings is 1. The number of nitrogens with zero attached hydrogens (tertiary/aromatic N) is 2. The third kappa shape index (κ3) is 4.77. The maximum atomic E-state index is 12.9. The van der Waals surface area contributed by atoms with Gasteiger partial charge in [0, 0.05) is 37.8 Å². The molecule has 0 spiro atoms. The van der Waals surface area contributed by atoms with E-state index < -0.39 is 5.97 Å². The van der Waals surface area contributed by atoms with Crippen molar-refractivity contribution in [3.8, 4) is 0 Å². The smallest absolute Gasteiger partial charge is 0.340 e. The van der Waals surface area contributed by atoms with Crippen LogP contribution in [0.2, 0.25) is 0 Å². The Labute approximate surface area is 186 Å². The average molecular weight is 441 g/mol. The van der Waals surface area contributed by atoms with Gasteiger partial charge in [0.2, 0.25) is 5.91 Å². The zero-order chi connectivity index (χ0) is 22.5. The maximum absolute atomic E-state index is 12.9. The fourth-order valence-electron chi connectivity index (χ4n) is 4.07. The SMILES string of the molecule is COC(=O)c1cc(N2CCOCC2)ccc1NC(=O)C1CCN(C(=O)c2ccco2)CC1. The third-order valence-electron chi connectivity index (χ3n) is 5.93. The van der Waals surface area contributed by atoms with Crippen LogP contribution in [0.15, 0.2) is 41.0 Å². The Balaban J connectivity index is 1.41. The first-order chi connectivity index (χ1) is 15.6. The fourth-order valence-corrected chi connectivity index (χ4v) is 4.07. The van der Waals surface area contributed by atoms with Crippen LogP contribution >= 0.6 is 0 Å². The first-order valence-electron chi connectivity index (χ1n) is 10.8. The molecule has 9 nitrogen and oxygen atoms in total. The van der Waals surface area contributed by atoms with Gasteiger partial charge in [0.15, 0.2) is 5.76 Å². The molecule has 0 aliphatic carbocycles. The van der Waals surface area contributed by atoms with E-state index in [1.54, 1.807) is 29.2 Å². The van der Waals surface area contributed by atoms with Crippen molar-refractivity contribution in [1.29, 1.82) is 0 Å². The molecule has 4 rings (SSSR count). The van der Waals surface area contributed by atoms with Crippen molar-refractivity contribution in [2.75, 3.05) is 56.7 Å². The van der Waals surface area contributed by atoms with E-state index in [-0.39, 0.29) is 17.7 Å². The number of amides is 2. The van der Waals surface area contributed by atoms with Gasteiger partial charge in [-0.05, 0) is 43.2 Å². The summed E-state index contributed by atoms with van der Waals surface area (Å²) >= 11 is 0. The summed E-state index contributed by atoms with van der Waals surface area (Å²) in [5, 5.41) is 2.89. The Morgan fingerprint density at radius 2 is 1.81 bits per heavy atom. The molecule has 0 saturated carbocycles. The van der Waals surface area contributed by atoms with Gasteiger partial charge in [-0.2, -0.15) is 0 Å². The molecule has 2 aliphatic rings. The number of carbonyl (C=O) groups is 3. The highest BCUT2D eigenvalue weighted by Crippen LogP contribution is 2.27. The number of carbonyl (C=O) groups excluding carboxylic acids is 3. The zero-order valence-electron chi connectivity index (χ0n) is 18.0. The molecule has 170 valence electrons.